The van der Waals surface area contributed by atoms with Crippen LogP contribution < -0.4 is 0 Å². The molecule has 2 heterocycles. The minimum absolute atomic E-state index is 0.248. The number of hydrogen-bond acceptors (Lipinski definition) is 6. The van der Waals surface area contributed by atoms with Crippen LogP contribution in [0.5, 0.6) is 0 Å². The van der Waals surface area contributed by atoms with Gasteiger partial charge in [-0.15, -0.1) is 0 Å². The van der Waals surface area contributed by atoms with E-state index in [9.17, 15) is 4.79 Å². The van der Waals surface area contributed by atoms with E-state index >= 15 is 0 Å². The molecular weight excluding hydrogens is 286 g/mol. The van der Waals surface area contributed by atoms with Crippen LogP contribution in [0.1, 0.15) is 53.6 Å². The summed E-state index contributed by atoms with van der Waals surface area (Å²) < 4.78 is 5.12. The fourth-order valence-corrected chi connectivity index (χ4v) is 3.77. The lowest BCUT2D eigenvalue weighted by Crippen LogP contribution is -2.34. The zero-order valence-corrected chi connectivity index (χ0v) is 13.4. The highest BCUT2D eigenvalue weighted by Gasteiger charge is 2.32. The van der Waals surface area contributed by atoms with E-state index in [1.807, 2.05) is 18.7 Å². The van der Waals surface area contributed by atoms with Crippen molar-refractivity contribution in [1.82, 2.24) is 14.9 Å². The van der Waals surface area contributed by atoms with Crippen LogP contribution in [0, 0.1) is 0 Å². The van der Waals surface area contributed by atoms with E-state index in [0.29, 0.717) is 18.1 Å². The van der Waals surface area contributed by atoms with Crippen molar-refractivity contribution in [2.45, 2.75) is 31.7 Å². The van der Waals surface area contributed by atoms with Crippen LogP contribution in [0.15, 0.2) is 6.20 Å². The maximum Gasteiger partial charge on any atom is 0.341 e. The maximum absolute atomic E-state index is 12.0. The summed E-state index contributed by atoms with van der Waals surface area (Å²) >= 11 is 1.94. The Labute approximate surface area is 129 Å². The van der Waals surface area contributed by atoms with Gasteiger partial charge >= 0.3 is 5.97 Å². The van der Waals surface area contributed by atoms with Crippen molar-refractivity contribution in [3.05, 3.63) is 23.3 Å². The Morgan fingerprint density at radius 1 is 1.52 bits per heavy atom. The Hall–Kier alpha value is -1.14. The van der Waals surface area contributed by atoms with Gasteiger partial charge in [0.05, 0.1) is 23.9 Å². The van der Waals surface area contributed by atoms with Gasteiger partial charge in [-0.05, 0) is 26.8 Å². The smallest absolute Gasteiger partial charge is 0.341 e. The van der Waals surface area contributed by atoms with Crippen LogP contribution in [-0.2, 0) is 4.74 Å². The van der Waals surface area contributed by atoms with Gasteiger partial charge in [-0.1, -0.05) is 0 Å². The topological polar surface area (TPSA) is 55.3 Å². The number of hydrogen-bond donors (Lipinski definition) is 0. The molecule has 1 unspecified atom stereocenters. The van der Waals surface area contributed by atoms with Gasteiger partial charge in [0.15, 0.2) is 0 Å². The molecule has 0 spiro atoms. The predicted molar refractivity (Wildman–Crippen MR) is 82.7 cm³/mol. The number of carbonyl (C=O) groups excluding carboxylic acids is 1. The van der Waals surface area contributed by atoms with Crippen LogP contribution in [0.3, 0.4) is 0 Å². The average molecular weight is 307 g/mol. The van der Waals surface area contributed by atoms with Crippen molar-refractivity contribution in [3.8, 4) is 0 Å². The third-order valence-corrected chi connectivity index (χ3v) is 5.01. The van der Waals surface area contributed by atoms with Crippen molar-refractivity contribution in [1.29, 1.82) is 0 Å². The second kappa shape index (κ2) is 6.32. The summed E-state index contributed by atoms with van der Waals surface area (Å²) in [5.41, 5.74) is 1.44. The SMILES string of the molecule is CCOC(=O)c1cnc(C2CSCCN2C)nc1C1CC1. The molecule has 0 amide bonds. The summed E-state index contributed by atoms with van der Waals surface area (Å²) in [7, 11) is 2.11. The third-order valence-electron chi connectivity index (χ3n) is 3.99. The van der Waals surface area contributed by atoms with Gasteiger partial charge in [-0.25, -0.2) is 14.8 Å². The van der Waals surface area contributed by atoms with Crippen LogP contribution in [-0.4, -0.2) is 52.5 Å². The normalized spacial score (nSPS) is 23.0. The largest absolute Gasteiger partial charge is 0.462 e. The molecule has 1 atom stereocenters. The molecule has 1 aliphatic heterocycles. The van der Waals surface area contributed by atoms with Crippen molar-refractivity contribution >= 4 is 17.7 Å². The Balaban J connectivity index is 1.90. The summed E-state index contributed by atoms with van der Waals surface area (Å²) in [6.07, 6.45) is 3.89. The van der Waals surface area contributed by atoms with E-state index in [4.69, 9.17) is 9.72 Å². The molecular formula is C15H21N3O2S. The predicted octanol–water partition coefficient (Wildman–Crippen LogP) is 2.25. The van der Waals surface area contributed by atoms with Crippen LogP contribution in [0.4, 0.5) is 0 Å². The lowest BCUT2D eigenvalue weighted by molar-refractivity contribution is 0.0523. The highest BCUT2D eigenvalue weighted by atomic mass is 32.2. The van der Waals surface area contributed by atoms with E-state index in [2.05, 4.69) is 16.9 Å². The molecule has 1 saturated heterocycles. The minimum atomic E-state index is -0.294. The van der Waals surface area contributed by atoms with E-state index in [0.717, 1.165) is 42.4 Å². The quantitative estimate of drug-likeness (QED) is 0.795. The van der Waals surface area contributed by atoms with Crippen LogP contribution in [0.2, 0.25) is 0 Å². The first-order valence-electron chi connectivity index (χ1n) is 7.52. The van der Waals surface area contributed by atoms with Crippen LogP contribution in [0.25, 0.3) is 0 Å². The van der Waals surface area contributed by atoms with Gasteiger partial charge in [0.1, 0.15) is 5.82 Å². The summed E-state index contributed by atoms with van der Waals surface area (Å²) in [5.74, 6) is 3.13. The molecule has 1 aromatic heterocycles. The fourth-order valence-electron chi connectivity index (χ4n) is 2.56. The molecule has 0 N–H and O–H groups in total. The summed E-state index contributed by atoms with van der Waals surface area (Å²) in [6.45, 7) is 3.25. The number of ether oxygens (including phenoxy) is 1. The molecule has 2 fully saturated rings. The van der Waals surface area contributed by atoms with Crippen molar-refractivity contribution in [2.75, 3.05) is 31.7 Å². The van der Waals surface area contributed by atoms with Crippen molar-refractivity contribution < 1.29 is 9.53 Å². The zero-order valence-electron chi connectivity index (χ0n) is 12.5. The van der Waals surface area contributed by atoms with Crippen molar-refractivity contribution in [2.24, 2.45) is 0 Å². The van der Waals surface area contributed by atoms with E-state index in [1.165, 1.54) is 0 Å². The maximum atomic E-state index is 12.0. The molecule has 114 valence electrons. The fraction of sp³-hybridized carbons (Fsp3) is 0.667. The number of aromatic nitrogens is 2. The summed E-state index contributed by atoms with van der Waals surface area (Å²) in [4.78, 5) is 23.5. The van der Waals surface area contributed by atoms with Gasteiger partial charge in [0.25, 0.3) is 0 Å². The molecule has 6 heteroatoms. The molecule has 5 nitrogen and oxygen atoms in total. The number of thioether (sulfide) groups is 1. The van der Waals surface area contributed by atoms with Gasteiger partial charge in [0.2, 0.25) is 0 Å². The van der Waals surface area contributed by atoms with Gasteiger partial charge in [-0.2, -0.15) is 11.8 Å². The lowest BCUT2D eigenvalue weighted by Gasteiger charge is -2.31. The Bertz CT molecular complexity index is 534. The molecule has 2 aliphatic rings. The minimum Gasteiger partial charge on any atom is -0.462 e. The Morgan fingerprint density at radius 3 is 3.00 bits per heavy atom. The number of esters is 1. The molecule has 21 heavy (non-hydrogen) atoms. The monoisotopic (exact) mass is 307 g/mol. The first-order chi connectivity index (χ1) is 10.2. The molecule has 1 saturated carbocycles. The highest BCUT2D eigenvalue weighted by Crippen LogP contribution is 2.41. The molecule has 0 aromatic carbocycles. The second-order valence-electron chi connectivity index (χ2n) is 5.59. The van der Waals surface area contributed by atoms with Crippen LogP contribution >= 0.6 is 11.8 Å². The standard InChI is InChI=1S/C15H21N3O2S/c1-3-20-15(19)11-8-16-14(17-13(11)10-4-5-10)12-9-21-7-6-18(12)2/h8,10,12H,3-7,9H2,1-2H3. The Kier molecular flexibility index (Phi) is 4.45. The number of carbonyl (C=O) groups is 1. The third kappa shape index (κ3) is 3.21. The van der Waals surface area contributed by atoms with E-state index in [-0.39, 0.29) is 12.0 Å². The summed E-state index contributed by atoms with van der Waals surface area (Å²) in [5, 5.41) is 0. The van der Waals surface area contributed by atoms with E-state index in [1.54, 1.807) is 6.20 Å². The molecule has 3 rings (SSSR count). The Morgan fingerprint density at radius 2 is 2.33 bits per heavy atom. The molecule has 0 radical (unpaired) electrons. The second-order valence-corrected chi connectivity index (χ2v) is 6.74. The first kappa shape index (κ1) is 14.8. The van der Waals surface area contributed by atoms with E-state index < -0.39 is 0 Å². The van der Waals surface area contributed by atoms with Crippen molar-refractivity contribution in [3.63, 3.8) is 0 Å². The zero-order chi connectivity index (χ0) is 14.8. The highest BCUT2D eigenvalue weighted by molar-refractivity contribution is 7.99. The lowest BCUT2D eigenvalue weighted by atomic mass is 10.1. The first-order valence-corrected chi connectivity index (χ1v) is 8.68. The molecule has 0 bridgehead atoms. The average Bonchev–Trinajstić information content (AvgIpc) is 3.32. The number of rotatable bonds is 4. The number of nitrogens with zero attached hydrogens (tertiary/aromatic N) is 3. The molecule has 1 aliphatic carbocycles. The van der Waals surface area contributed by atoms with Gasteiger partial charge < -0.3 is 4.74 Å². The summed E-state index contributed by atoms with van der Waals surface area (Å²) in [6, 6.07) is 0.248. The molecule has 1 aromatic rings. The van der Waals surface area contributed by atoms with Gasteiger partial charge in [0, 0.05) is 30.2 Å². The van der Waals surface area contributed by atoms with Gasteiger partial charge in [-0.3, -0.25) is 4.90 Å².